The molecule has 0 radical (unpaired) electrons. The number of piperazine rings is 1. The molecule has 2 amide bonds. The van der Waals surface area contributed by atoms with E-state index in [2.05, 4.69) is 10.6 Å². The zero-order valence-corrected chi connectivity index (χ0v) is 10.6. The molecule has 1 fully saturated rings. The van der Waals surface area contributed by atoms with Crippen LogP contribution < -0.4 is 15.5 Å². The summed E-state index contributed by atoms with van der Waals surface area (Å²) in [4.78, 5) is 24.9. The van der Waals surface area contributed by atoms with Gasteiger partial charge in [-0.15, -0.1) is 0 Å². The van der Waals surface area contributed by atoms with Crippen molar-refractivity contribution in [2.75, 3.05) is 25.0 Å². The molecule has 18 heavy (non-hydrogen) atoms. The Morgan fingerprint density at radius 2 is 2.22 bits per heavy atom. The number of anilines is 1. The minimum atomic E-state index is -0.354. The molecular formula is C13H17N3O2. The fraction of sp³-hybridized carbons (Fsp3) is 0.385. The molecule has 1 aliphatic heterocycles. The van der Waals surface area contributed by atoms with E-state index in [1.807, 2.05) is 31.2 Å². The fourth-order valence-corrected chi connectivity index (χ4v) is 1.94. The summed E-state index contributed by atoms with van der Waals surface area (Å²) in [6.07, 6.45) is 0. The van der Waals surface area contributed by atoms with E-state index in [4.69, 9.17) is 0 Å². The van der Waals surface area contributed by atoms with Crippen LogP contribution in [0.4, 0.5) is 5.69 Å². The van der Waals surface area contributed by atoms with Gasteiger partial charge >= 0.3 is 0 Å². The van der Waals surface area contributed by atoms with E-state index in [1.165, 1.54) is 0 Å². The molecule has 0 spiro atoms. The second kappa shape index (κ2) is 5.18. The molecule has 1 aromatic rings. The van der Waals surface area contributed by atoms with Gasteiger partial charge in [-0.3, -0.25) is 14.9 Å². The number of nitrogens with zero attached hydrogens (tertiary/aromatic N) is 1. The largest absolute Gasteiger partial charge is 0.353 e. The first-order valence-corrected chi connectivity index (χ1v) is 5.92. The van der Waals surface area contributed by atoms with Gasteiger partial charge in [-0.05, 0) is 24.6 Å². The van der Waals surface area contributed by atoms with Crippen molar-refractivity contribution in [3.05, 3.63) is 29.8 Å². The van der Waals surface area contributed by atoms with Gasteiger partial charge in [0.15, 0.2) is 0 Å². The Hall–Kier alpha value is -1.88. The third kappa shape index (κ3) is 2.68. The van der Waals surface area contributed by atoms with Gasteiger partial charge in [0.2, 0.25) is 11.8 Å². The van der Waals surface area contributed by atoms with Crippen molar-refractivity contribution in [1.82, 2.24) is 10.6 Å². The Labute approximate surface area is 106 Å². The van der Waals surface area contributed by atoms with Crippen LogP contribution in [0.2, 0.25) is 0 Å². The number of amides is 2. The lowest BCUT2D eigenvalue weighted by atomic mass is 10.1. The van der Waals surface area contributed by atoms with Crippen molar-refractivity contribution in [2.24, 2.45) is 0 Å². The van der Waals surface area contributed by atoms with E-state index in [1.54, 1.807) is 11.9 Å². The zero-order valence-electron chi connectivity index (χ0n) is 10.6. The molecule has 1 heterocycles. The summed E-state index contributed by atoms with van der Waals surface area (Å²) in [5.74, 6) is -0.113. The molecule has 1 aromatic carbocycles. The summed E-state index contributed by atoms with van der Waals surface area (Å²) in [6, 6.07) is 7.41. The van der Waals surface area contributed by atoms with E-state index in [9.17, 15) is 9.59 Å². The summed E-state index contributed by atoms with van der Waals surface area (Å²) < 4.78 is 0. The lowest BCUT2D eigenvalue weighted by Crippen LogP contribution is -2.58. The Balaban J connectivity index is 2.07. The van der Waals surface area contributed by atoms with Crippen LogP contribution in [0, 0.1) is 6.92 Å². The molecule has 1 saturated heterocycles. The number of hydrogen-bond donors (Lipinski definition) is 2. The van der Waals surface area contributed by atoms with Gasteiger partial charge in [-0.25, -0.2) is 0 Å². The van der Waals surface area contributed by atoms with Gasteiger partial charge < -0.3 is 10.2 Å². The molecular weight excluding hydrogens is 230 g/mol. The first-order valence-electron chi connectivity index (χ1n) is 5.92. The van der Waals surface area contributed by atoms with Crippen molar-refractivity contribution < 1.29 is 9.59 Å². The second-order valence-electron chi connectivity index (χ2n) is 4.47. The van der Waals surface area contributed by atoms with Crippen molar-refractivity contribution in [3.8, 4) is 0 Å². The normalized spacial score (nSPS) is 19.2. The SMILES string of the molecule is Cc1cccc(N(C)C(=O)C2CNC(=O)CN2)c1. The third-order valence-corrected chi connectivity index (χ3v) is 3.03. The molecule has 96 valence electrons. The topological polar surface area (TPSA) is 61.4 Å². The molecule has 0 bridgehead atoms. The molecule has 0 saturated carbocycles. The lowest BCUT2D eigenvalue weighted by Gasteiger charge is -2.27. The van der Waals surface area contributed by atoms with Gasteiger partial charge in [-0.1, -0.05) is 12.1 Å². The number of rotatable bonds is 2. The quantitative estimate of drug-likeness (QED) is 0.776. The van der Waals surface area contributed by atoms with Crippen LogP contribution in [0.15, 0.2) is 24.3 Å². The van der Waals surface area contributed by atoms with E-state index in [0.717, 1.165) is 11.3 Å². The molecule has 5 heteroatoms. The molecule has 0 aromatic heterocycles. The smallest absolute Gasteiger partial charge is 0.245 e. The van der Waals surface area contributed by atoms with Crippen LogP contribution in [0.25, 0.3) is 0 Å². The highest BCUT2D eigenvalue weighted by Crippen LogP contribution is 2.15. The summed E-state index contributed by atoms with van der Waals surface area (Å²) in [5.41, 5.74) is 1.97. The van der Waals surface area contributed by atoms with Crippen molar-refractivity contribution in [1.29, 1.82) is 0 Å². The number of carbonyl (C=O) groups excluding carboxylic acids is 2. The van der Waals surface area contributed by atoms with Crippen molar-refractivity contribution in [2.45, 2.75) is 13.0 Å². The summed E-state index contributed by atoms with van der Waals surface area (Å²) in [6.45, 7) is 2.52. The monoisotopic (exact) mass is 247 g/mol. The van der Waals surface area contributed by atoms with Crippen LogP contribution in [0.3, 0.4) is 0 Å². The van der Waals surface area contributed by atoms with Gasteiger partial charge in [0.05, 0.1) is 6.54 Å². The number of aryl methyl sites for hydroxylation is 1. The highest BCUT2D eigenvalue weighted by Gasteiger charge is 2.26. The van der Waals surface area contributed by atoms with Crippen LogP contribution >= 0.6 is 0 Å². The summed E-state index contributed by atoms with van der Waals surface area (Å²) in [5, 5.41) is 5.61. The maximum Gasteiger partial charge on any atom is 0.245 e. The van der Waals surface area contributed by atoms with Crippen LogP contribution in [-0.2, 0) is 9.59 Å². The maximum atomic E-state index is 12.2. The molecule has 1 unspecified atom stereocenters. The number of hydrogen-bond acceptors (Lipinski definition) is 3. The minimum absolute atomic E-state index is 0.0411. The molecule has 5 nitrogen and oxygen atoms in total. The highest BCUT2D eigenvalue weighted by atomic mass is 16.2. The molecule has 2 rings (SSSR count). The Morgan fingerprint density at radius 3 is 2.83 bits per heavy atom. The predicted octanol–water partition coefficient (Wildman–Crippen LogP) is 0.0458. The molecule has 1 atom stereocenters. The first kappa shape index (κ1) is 12.6. The average Bonchev–Trinajstić information content (AvgIpc) is 2.38. The van der Waals surface area contributed by atoms with Crippen LogP contribution in [0.5, 0.6) is 0 Å². The van der Waals surface area contributed by atoms with Crippen molar-refractivity contribution >= 4 is 17.5 Å². The maximum absolute atomic E-state index is 12.2. The number of nitrogens with one attached hydrogen (secondary N) is 2. The first-order chi connectivity index (χ1) is 8.58. The molecule has 2 N–H and O–H groups in total. The van der Waals surface area contributed by atoms with Gasteiger partial charge in [-0.2, -0.15) is 0 Å². The Bertz CT molecular complexity index is 463. The molecule has 0 aliphatic carbocycles. The highest BCUT2D eigenvalue weighted by molar-refractivity contribution is 5.98. The van der Waals surface area contributed by atoms with Gasteiger partial charge in [0.25, 0.3) is 0 Å². The van der Waals surface area contributed by atoms with Gasteiger partial charge in [0.1, 0.15) is 6.04 Å². The zero-order chi connectivity index (χ0) is 13.1. The standard InChI is InChI=1S/C13H17N3O2/c1-9-4-3-5-10(6-9)16(2)13(18)11-7-15-12(17)8-14-11/h3-6,11,14H,7-8H2,1-2H3,(H,15,17). The van der Waals surface area contributed by atoms with E-state index >= 15 is 0 Å². The third-order valence-electron chi connectivity index (χ3n) is 3.03. The lowest BCUT2D eigenvalue weighted by molar-refractivity contribution is -0.125. The number of benzene rings is 1. The fourth-order valence-electron chi connectivity index (χ4n) is 1.94. The second-order valence-corrected chi connectivity index (χ2v) is 4.47. The number of likely N-dealkylation sites (N-methyl/N-ethyl adjacent to an activating group) is 1. The average molecular weight is 247 g/mol. The Morgan fingerprint density at radius 1 is 1.44 bits per heavy atom. The van der Waals surface area contributed by atoms with Crippen LogP contribution in [-0.4, -0.2) is 38.0 Å². The van der Waals surface area contributed by atoms with E-state index in [-0.39, 0.29) is 24.4 Å². The number of carbonyl (C=O) groups is 2. The summed E-state index contributed by atoms with van der Waals surface area (Å²) >= 11 is 0. The van der Waals surface area contributed by atoms with Crippen molar-refractivity contribution in [3.63, 3.8) is 0 Å². The van der Waals surface area contributed by atoms with E-state index in [0.29, 0.717) is 6.54 Å². The molecule has 1 aliphatic rings. The Kier molecular flexibility index (Phi) is 3.62. The van der Waals surface area contributed by atoms with Crippen LogP contribution in [0.1, 0.15) is 5.56 Å². The minimum Gasteiger partial charge on any atom is -0.353 e. The van der Waals surface area contributed by atoms with Gasteiger partial charge in [0, 0.05) is 19.3 Å². The predicted molar refractivity (Wildman–Crippen MR) is 69.4 cm³/mol. The van der Waals surface area contributed by atoms with E-state index < -0.39 is 0 Å². The summed E-state index contributed by atoms with van der Waals surface area (Å²) in [7, 11) is 1.75.